The number of allylic oxidation sites excluding steroid dienone is 1. The first-order chi connectivity index (χ1) is 4.66. The molecule has 0 aliphatic heterocycles. The highest BCUT2D eigenvalue weighted by atomic mass is 35.5. The molecule has 58 valence electrons. The molecule has 0 aromatic carbocycles. The molecule has 0 aromatic heterocycles. The van der Waals surface area contributed by atoms with Gasteiger partial charge in [-0.1, -0.05) is 5.57 Å². The highest BCUT2D eigenvalue weighted by Crippen LogP contribution is 1.94. The zero-order valence-electron chi connectivity index (χ0n) is 6.19. The van der Waals surface area contributed by atoms with Crippen LogP contribution < -0.4 is 0 Å². The van der Waals surface area contributed by atoms with E-state index >= 15 is 0 Å². The van der Waals surface area contributed by atoms with Crippen molar-refractivity contribution in [1.82, 2.24) is 0 Å². The second-order valence-electron chi connectivity index (χ2n) is 1.99. The first kappa shape index (κ1) is 9.50. The maximum atomic E-state index is 10.2. The Morgan fingerprint density at radius 3 is 2.60 bits per heavy atom. The zero-order chi connectivity index (χ0) is 7.98. The van der Waals surface area contributed by atoms with Gasteiger partial charge in [0, 0.05) is 12.8 Å². The average molecular weight is 163 g/mol. The lowest BCUT2D eigenvalue weighted by molar-refractivity contribution is -0.139. The van der Waals surface area contributed by atoms with E-state index in [1.54, 1.807) is 6.08 Å². The number of alkyl halides is 1. The average Bonchev–Trinajstić information content (AvgIpc) is 1.87. The molecule has 0 rings (SSSR count). The predicted octanol–water partition coefficient (Wildman–Crippen LogP) is 1.73. The highest BCUT2D eigenvalue weighted by Gasteiger charge is 1.88. The molecule has 0 radical (unpaired) electrons. The van der Waals surface area contributed by atoms with Gasteiger partial charge in [0.25, 0.3) is 0 Å². The molecule has 2 nitrogen and oxygen atoms in total. The number of ether oxygens (including phenoxy) is 1. The molecule has 0 N–H and O–H groups in total. The Bertz CT molecular complexity index is 141. The standard InChI is InChI=1S/C7H11ClO2/c1-6(5-8)3-4-10-7(2)9/h3H,4-5H2,1-2H3. The molecule has 0 spiro atoms. The molecule has 0 aliphatic rings. The first-order valence-electron chi connectivity index (χ1n) is 3.01. The molecule has 0 aromatic rings. The third-order valence-electron chi connectivity index (χ3n) is 0.929. The van der Waals surface area contributed by atoms with Crippen molar-refractivity contribution in [2.75, 3.05) is 12.5 Å². The number of carbonyl (C=O) groups is 1. The number of esters is 1. The van der Waals surface area contributed by atoms with Crippen LogP contribution in [0.3, 0.4) is 0 Å². The minimum atomic E-state index is -0.265. The number of carbonyl (C=O) groups excluding carboxylic acids is 1. The predicted molar refractivity (Wildman–Crippen MR) is 41.1 cm³/mol. The van der Waals surface area contributed by atoms with E-state index < -0.39 is 0 Å². The van der Waals surface area contributed by atoms with Crippen LogP contribution >= 0.6 is 11.6 Å². The van der Waals surface area contributed by atoms with Gasteiger partial charge in [0.2, 0.25) is 0 Å². The molecule has 3 heteroatoms. The van der Waals surface area contributed by atoms with E-state index in [4.69, 9.17) is 11.6 Å². The number of hydrogen-bond acceptors (Lipinski definition) is 2. The molecule has 0 amide bonds. The fraction of sp³-hybridized carbons (Fsp3) is 0.571. The summed E-state index contributed by atoms with van der Waals surface area (Å²) in [7, 11) is 0. The third kappa shape index (κ3) is 5.63. The van der Waals surface area contributed by atoms with Crippen molar-refractivity contribution in [2.45, 2.75) is 13.8 Å². The van der Waals surface area contributed by atoms with Crippen molar-refractivity contribution in [1.29, 1.82) is 0 Å². The van der Waals surface area contributed by atoms with Gasteiger partial charge in [0.15, 0.2) is 0 Å². The van der Waals surface area contributed by atoms with Crippen molar-refractivity contribution >= 4 is 17.6 Å². The topological polar surface area (TPSA) is 26.3 Å². The van der Waals surface area contributed by atoms with Gasteiger partial charge < -0.3 is 4.74 Å². The van der Waals surface area contributed by atoms with Gasteiger partial charge in [-0.15, -0.1) is 11.6 Å². The van der Waals surface area contributed by atoms with Crippen LogP contribution in [0.15, 0.2) is 11.6 Å². The van der Waals surface area contributed by atoms with Crippen LogP contribution in [-0.2, 0) is 9.53 Å². The normalized spacial score (nSPS) is 11.3. The minimum Gasteiger partial charge on any atom is -0.462 e. The molecular formula is C7H11ClO2. The largest absolute Gasteiger partial charge is 0.462 e. The SMILES string of the molecule is CC(=O)OCC=C(C)CCl. The van der Waals surface area contributed by atoms with Gasteiger partial charge in [-0.05, 0) is 13.0 Å². The van der Waals surface area contributed by atoms with E-state index in [2.05, 4.69) is 4.74 Å². The summed E-state index contributed by atoms with van der Waals surface area (Å²) in [6.07, 6.45) is 1.79. The first-order valence-corrected chi connectivity index (χ1v) is 3.55. The molecule has 0 saturated heterocycles. The van der Waals surface area contributed by atoms with Crippen molar-refractivity contribution in [2.24, 2.45) is 0 Å². The highest BCUT2D eigenvalue weighted by molar-refractivity contribution is 6.19. The molecule has 0 heterocycles. The molecule has 0 atom stereocenters. The van der Waals surface area contributed by atoms with Gasteiger partial charge in [-0.25, -0.2) is 0 Å². The molecule has 10 heavy (non-hydrogen) atoms. The maximum absolute atomic E-state index is 10.2. The van der Waals surface area contributed by atoms with Gasteiger partial charge in [0.05, 0.1) is 0 Å². The lowest BCUT2D eigenvalue weighted by Crippen LogP contribution is -1.98. The van der Waals surface area contributed by atoms with Crippen molar-refractivity contribution in [3.05, 3.63) is 11.6 Å². The second-order valence-corrected chi connectivity index (χ2v) is 2.25. The van der Waals surface area contributed by atoms with Crippen LogP contribution in [0.25, 0.3) is 0 Å². The second kappa shape index (κ2) is 5.30. The van der Waals surface area contributed by atoms with Gasteiger partial charge in [-0.2, -0.15) is 0 Å². The Morgan fingerprint density at radius 2 is 2.20 bits per heavy atom. The smallest absolute Gasteiger partial charge is 0.302 e. The van der Waals surface area contributed by atoms with Gasteiger partial charge in [-0.3, -0.25) is 4.79 Å². The van der Waals surface area contributed by atoms with E-state index in [9.17, 15) is 4.79 Å². The number of rotatable bonds is 3. The summed E-state index contributed by atoms with van der Waals surface area (Å²) >= 11 is 5.46. The Morgan fingerprint density at radius 1 is 1.60 bits per heavy atom. The monoisotopic (exact) mass is 162 g/mol. The summed E-state index contributed by atoms with van der Waals surface area (Å²) in [6.45, 7) is 3.59. The Balaban J connectivity index is 3.43. The van der Waals surface area contributed by atoms with Crippen LogP contribution in [0.1, 0.15) is 13.8 Å². The molecule has 0 unspecified atom stereocenters. The van der Waals surface area contributed by atoms with Crippen molar-refractivity contribution < 1.29 is 9.53 Å². The van der Waals surface area contributed by atoms with E-state index in [1.807, 2.05) is 6.92 Å². The van der Waals surface area contributed by atoms with Crippen LogP contribution in [0.5, 0.6) is 0 Å². The van der Waals surface area contributed by atoms with E-state index in [0.717, 1.165) is 5.57 Å². The summed E-state index contributed by atoms with van der Waals surface area (Å²) in [4.78, 5) is 10.2. The van der Waals surface area contributed by atoms with Crippen molar-refractivity contribution in [3.8, 4) is 0 Å². The molecule has 0 fully saturated rings. The number of hydrogen-bond donors (Lipinski definition) is 0. The Hall–Kier alpha value is -0.500. The summed E-state index contributed by atoms with van der Waals surface area (Å²) < 4.78 is 4.64. The molecule has 0 aliphatic carbocycles. The quantitative estimate of drug-likeness (QED) is 0.359. The maximum Gasteiger partial charge on any atom is 0.302 e. The molecule has 0 bridgehead atoms. The van der Waals surface area contributed by atoms with Gasteiger partial charge in [0.1, 0.15) is 6.61 Å². The summed E-state index contributed by atoms with van der Waals surface area (Å²) in [5.41, 5.74) is 1.02. The van der Waals surface area contributed by atoms with Crippen LogP contribution in [-0.4, -0.2) is 18.5 Å². The summed E-state index contributed by atoms with van der Waals surface area (Å²) in [5, 5.41) is 0. The van der Waals surface area contributed by atoms with E-state index in [0.29, 0.717) is 12.5 Å². The van der Waals surface area contributed by atoms with E-state index in [-0.39, 0.29) is 5.97 Å². The molecular weight excluding hydrogens is 152 g/mol. The fourth-order valence-corrected chi connectivity index (χ4v) is 0.465. The fourth-order valence-electron chi connectivity index (χ4n) is 0.356. The van der Waals surface area contributed by atoms with Crippen LogP contribution in [0.2, 0.25) is 0 Å². The summed E-state index contributed by atoms with van der Waals surface area (Å²) in [5.74, 6) is 0.222. The van der Waals surface area contributed by atoms with E-state index in [1.165, 1.54) is 6.92 Å². The zero-order valence-corrected chi connectivity index (χ0v) is 6.94. The Kier molecular flexibility index (Phi) is 5.03. The minimum absolute atomic E-state index is 0.265. The van der Waals surface area contributed by atoms with Crippen molar-refractivity contribution in [3.63, 3.8) is 0 Å². The molecule has 0 saturated carbocycles. The number of halogens is 1. The summed E-state index contributed by atoms with van der Waals surface area (Å²) in [6, 6.07) is 0. The lowest BCUT2D eigenvalue weighted by Gasteiger charge is -1.96. The van der Waals surface area contributed by atoms with Crippen LogP contribution in [0, 0.1) is 0 Å². The Labute approximate surface area is 65.8 Å². The lowest BCUT2D eigenvalue weighted by atomic mass is 10.3. The van der Waals surface area contributed by atoms with Crippen LogP contribution in [0.4, 0.5) is 0 Å². The van der Waals surface area contributed by atoms with Gasteiger partial charge >= 0.3 is 5.97 Å². The third-order valence-corrected chi connectivity index (χ3v) is 1.35.